The summed E-state index contributed by atoms with van der Waals surface area (Å²) in [6.07, 6.45) is 4.86. The van der Waals surface area contributed by atoms with Crippen LogP contribution >= 0.6 is 35.3 Å². The van der Waals surface area contributed by atoms with Crippen LogP contribution in [0, 0.1) is 6.92 Å². The SMILES string of the molecule is CN=C(NCc1noc(C)n1)N(C)Cc1nc2c(s1)CCCC2.I. The van der Waals surface area contributed by atoms with Gasteiger partial charge in [-0.2, -0.15) is 4.98 Å². The number of thiazole rings is 1. The number of nitrogens with zero attached hydrogens (tertiary/aromatic N) is 5. The summed E-state index contributed by atoms with van der Waals surface area (Å²) in [4.78, 5) is 16.8. The van der Waals surface area contributed by atoms with Gasteiger partial charge in [0.15, 0.2) is 11.8 Å². The highest BCUT2D eigenvalue weighted by molar-refractivity contribution is 14.0. The van der Waals surface area contributed by atoms with Crippen molar-refractivity contribution in [1.29, 1.82) is 0 Å². The second kappa shape index (κ2) is 8.75. The van der Waals surface area contributed by atoms with E-state index in [0.29, 0.717) is 18.3 Å². The maximum Gasteiger partial charge on any atom is 0.223 e. The third kappa shape index (κ3) is 4.65. The summed E-state index contributed by atoms with van der Waals surface area (Å²) in [7, 11) is 3.78. The zero-order valence-electron chi connectivity index (χ0n) is 14.2. The Balaban J connectivity index is 0.00000208. The molecular formula is C15H23IN6OS. The van der Waals surface area contributed by atoms with Crippen LogP contribution in [0.4, 0.5) is 0 Å². The van der Waals surface area contributed by atoms with Gasteiger partial charge in [-0.1, -0.05) is 5.16 Å². The fraction of sp³-hybridized carbons (Fsp3) is 0.600. The molecule has 9 heteroatoms. The van der Waals surface area contributed by atoms with Crippen molar-refractivity contribution in [3.63, 3.8) is 0 Å². The van der Waals surface area contributed by atoms with Crippen molar-refractivity contribution in [2.75, 3.05) is 14.1 Å². The van der Waals surface area contributed by atoms with Crippen molar-refractivity contribution >= 4 is 41.3 Å². The molecule has 132 valence electrons. The first kappa shape index (κ1) is 19.1. The molecule has 1 aliphatic carbocycles. The number of aryl methyl sites for hydroxylation is 3. The van der Waals surface area contributed by atoms with Crippen LogP contribution in [0.25, 0.3) is 0 Å². The average Bonchev–Trinajstić information content (AvgIpc) is 3.13. The van der Waals surface area contributed by atoms with E-state index in [1.54, 1.807) is 14.0 Å². The highest BCUT2D eigenvalue weighted by Gasteiger charge is 2.17. The van der Waals surface area contributed by atoms with Gasteiger partial charge in [0.2, 0.25) is 5.89 Å². The number of aromatic nitrogens is 3. The third-order valence-electron chi connectivity index (χ3n) is 3.81. The number of hydrogen-bond acceptors (Lipinski definition) is 6. The quantitative estimate of drug-likeness (QED) is 0.428. The van der Waals surface area contributed by atoms with Crippen LogP contribution in [0.2, 0.25) is 0 Å². The van der Waals surface area contributed by atoms with Gasteiger partial charge in [-0.25, -0.2) is 4.98 Å². The van der Waals surface area contributed by atoms with Crippen LogP contribution in [0.15, 0.2) is 9.52 Å². The Bertz CT molecular complexity index is 674. The van der Waals surface area contributed by atoms with E-state index in [4.69, 9.17) is 9.51 Å². The molecule has 0 saturated heterocycles. The number of rotatable bonds is 4. The Hall–Kier alpha value is -1.23. The molecule has 0 aliphatic heterocycles. The first-order valence-corrected chi connectivity index (χ1v) is 8.66. The fourth-order valence-electron chi connectivity index (χ4n) is 2.71. The molecule has 0 radical (unpaired) electrons. The molecule has 0 atom stereocenters. The zero-order valence-corrected chi connectivity index (χ0v) is 17.4. The van der Waals surface area contributed by atoms with E-state index in [2.05, 4.69) is 25.3 Å². The fourth-order valence-corrected chi connectivity index (χ4v) is 3.92. The first-order valence-electron chi connectivity index (χ1n) is 7.84. The topological polar surface area (TPSA) is 79.4 Å². The Labute approximate surface area is 163 Å². The zero-order chi connectivity index (χ0) is 16.2. The van der Waals surface area contributed by atoms with E-state index in [9.17, 15) is 0 Å². The maximum absolute atomic E-state index is 4.97. The lowest BCUT2D eigenvalue weighted by atomic mass is 10.0. The van der Waals surface area contributed by atoms with Gasteiger partial charge in [0.25, 0.3) is 0 Å². The molecule has 1 aliphatic rings. The van der Waals surface area contributed by atoms with Crippen molar-refractivity contribution in [3.8, 4) is 0 Å². The lowest BCUT2D eigenvalue weighted by molar-refractivity contribution is 0.386. The molecule has 2 aromatic rings. The Morgan fingerprint density at radius 1 is 1.33 bits per heavy atom. The van der Waals surface area contributed by atoms with E-state index in [1.165, 1.54) is 29.8 Å². The number of guanidine groups is 1. The molecule has 2 heterocycles. The van der Waals surface area contributed by atoms with Crippen LogP contribution < -0.4 is 5.32 Å². The molecule has 0 amide bonds. The normalized spacial score (nSPS) is 14.0. The molecular weight excluding hydrogens is 439 g/mol. The smallest absolute Gasteiger partial charge is 0.223 e. The minimum Gasteiger partial charge on any atom is -0.349 e. The van der Waals surface area contributed by atoms with Gasteiger partial charge < -0.3 is 14.7 Å². The molecule has 1 N–H and O–H groups in total. The Kier molecular flexibility index (Phi) is 6.96. The summed E-state index contributed by atoms with van der Waals surface area (Å²) in [6, 6.07) is 0. The van der Waals surface area contributed by atoms with Crippen LogP contribution in [-0.2, 0) is 25.9 Å². The van der Waals surface area contributed by atoms with Crippen molar-refractivity contribution in [1.82, 2.24) is 25.3 Å². The molecule has 0 unspecified atom stereocenters. The Morgan fingerprint density at radius 3 is 2.79 bits per heavy atom. The highest BCUT2D eigenvalue weighted by Crippen LogP contribution is 2.27. The summed E-state index contributed by atoms with van der Waals surface area (Å²) >= 11 is 1.83. The summed E-state index contributed by atoms with van der Waals surface area (Å²) in [5.41, 5.74) is 1.30. The van der Waals surface area contributed by atoms with E-state index in [-0.39, 0.29) is 24.0 Å². The molecule has 0 aromatic carbocycles. The van der Waals surface area contributed by atoms with E-state index >= 15 is 0 Å². The van der Waals surface area contributed by atoms with Crippen molar-refractivity contribution in [2.24, 2.45) is 4.99 Å². The number of halogens is 1. The highest BCUT2D eigenvalue weighted by atomic mass is 127. The van der Waals surface area contributed by atoms with E-state index in [0.717, 1.165) is 23.9 Å². The summed E-state index contributed by atoms with van der Waals surface area (Å²) in [5.74, 6) is 1.99. The molecule has 0 bridgehead atoms. The minimum atomic E-state index is 0. The van der Waals surface area contributed by atoms with Gasteiger partial charge in [0, 0.05) is 25.9 Å². The predicted molar refractivity (Wildman–Crippen MR) is 105 cm³/mol. The van der Waals surface area contributed by atoms with E-state index in [1.807, 2.05) is 18.4 Å². The monoisotopic (exact) mass is 462 g/mol. The van der Waals surface area contributed by atoms with Crippen LogP contribution in [0.5, 0.6) is 0 Å². The number of nitrogens with one attached hydrogen (secondary N) is 1. The van der Waals surface area contributed by atoms with Gasteiger partial charge in [-0.05, 0) is 25.7 Å². The van der Waals surface area contributed by atoms with Gasteiger partial charge in [0.05, 0.1) is 18.8 Å². The van der Waals surface area contributed by atoms with Crippen molar-refractivity contribution < 1.29 is 4.52 Å². The van der Waals surface area contributed by atoms with Crippen molar-refractivity contribution in [2.45, 2.75) is 45.7 Å². The first-order chi connectivity index (χ1) is 11.2. The molecule has 24 heavy (non-hydrogen) atoms. The van der Waals surface area contributed by atoms with Gasteiger partial charge >= 0.3 is 0 Å². The molecule has 7 nitrogen and oxygen atoms in total. The number of fused-ring (bicyclic) bond motifs is 1. The van der Waals surface area contributed by atoms with Crippen LogP contribution in [0.3, 0.4) is 0 Å². The molecule has 0 saturated carbocycles. The Morgan fingerprint density at radius 2 is 2.12 bits per heavy atom. The van der Waals surface area contributed by atoms with Crippen LogP contribution in [-0.4, -0.2) is 40.1 Å². The standard InChI is InChI=1S/C15H22N6OS.HI/c1-10-18-13(20-22-10)8-17-15(16-2)21(3)9-14-19-11-6-4-5-7-12(11)23-14;/h4-9H2,1-3H3,(H,16,17);1H. The number of aliphatic imine (C=N–C) groups is 1. The lowest BCUT2D eigenvalue weighted by Crippen LogP contribution is -2.38. The second-order valence-electron chi connectivity index (χ2n) is 5.67. The summed E-state index contributed by atoms with van der Waals surface area (Å²) in [6.45, 7) is 3.02. The summed E-state index contributed by atoms with van der Waals surface area (Å²) < 4.78 is 4.97. The van der Waals surface area contributed by atoms with Gasteiger partial charge in [0.1, 0.15) is 5.01 Å². The second-order valence-corrected chi connectivity index (χ2v) is 6.84. The molecule has 2 aromatic heterocycles. The predicted octanol–water partition coefficient (Wildman–Crippen LogP) is 2.54. The maximum atomic E-state index is 4.97. The van der Waals surface area contributed by atoms with Gasteiger partial charge in [-0.3, -0.25) is 4.99 Å². The van der Waals surface area contributed by atoms with Gasteiger partial charge in [-0.15, -0.1) is 35.3 Å². The van der Waals surface area contributed by atoms with Crippen LogP contribution in [0.1, 0.15) is 40.1 Å². The third-order valence-corrected chi connectivity index (χ3v) is 4.95. The lowest BCUT2D eigenvalue weighted by Gasteiger charge is -2.20. The number of hydrogen-bond donors (Lipinski definition) is 1. The largest absolute Gasteiger partial charge is 0.349 e. The molecule has 0 fully saturated rings. The average molecular weight is 462 g/mol. The molecule has 3 rings (SSSR count). The van der Waals surface area contributed by atoms with E-state index < -0.39 is 0 Å². The minimum absolute atomic E-state index is 0. The molecule has 0 spiro atoms. The van der Waals surface area contributed by atoms with Crippen molar-refractivity contribution in [3.05, 3.63) is 27.3 Å². The summed E-state index contributed by atoms with van der Waals surface area (Å²) in [5, 5.41) is 8.28.